The highest BCUT2D eigenvalue weighted by Crippen LogP contribution is 2.35. The summed E-state index contributed by atoms with van der Waals surface area (Å²) in [6.45, 7) is 7.99. The highest BCUT2D eigenvalue weighted by atomic mass is 32.1. The lowest BCUT2D eigenvalue weighted by atomic mass is 9.95. The van der Waals surface area contributed by atoms with E-state index in [4.69, 9.17) is 18.9 Å². The number of fused-ring (bicyclic) bond motifs is 2. The maximum Gasteiger partial charge on any atom is 0.338 e. The van der Waals surface area contributed by atoms with Gasteiger partial charge in [-0.1, -0.05) is 23.5 Å². The van der Waals surface area contributed by atoms with Crippen LogP contribution in [0.5, 0.6) is 17.2 Å². The zero-order valence-electron chi connectivity index (χ0n) is 23.4. The number of thiazole rings is 1. The van der Waals surface area contributed by atoms with Crippen molar-refractivity contribution in [2.24, 2.45) is 4.99 Å². The van der Waals surface area contributed by atoms with Crippen molar-refractivity contribution in [1.82, 2.24) is 9.13 Å². The number of rotatable bonds is 6. The zero-order chi connectivity index (χ0) is 28.8. The maximum absolute atomic E-state index is 14.0. The molecule has 4 aromatic rings. The second-order valence-electron chi connectivity index (χ2n) is 9.78. The van der Waals surface area contributed by atoms with E-state index in [-0.39, 0.29) is 19.0 Å². The van der Waals surface area contributed by atoms with Crippen LogP contribution >= 0.6 is 11.3 Å². The van der Waals surface area contributed by atoms with Gasteiger partial charge in [0.15, 0.2) is 16.3 Å². The fourth-order valence-corrected chi connectivity index (χ4v) is 6.45. The van der Waals surface area contributed by atoms with E-state index in [1.165, 1.54) is 11.3 Å². The summed E-state index contributed by atoms with van der Waals surface area (Å²) in [5.41, 5.74) is 5.18. The number of hydrogen-bond donors (Lipinski definition) is 0. The third-order valence-corrected chi connectivity index (χ3v) is 8.28. The lowest BCUT2D eigenvalue weighted by Crippen LogP contribution is -2.39. The van der Waals surface area contributed by atoms with Crippen molar-refractivity contribution in [3.8, 4) is 22.9 Å². The Morgan fingerprint density at radius 1 is 1.12 bits per heavy atom. The Balaban J connectivity index is 1.50. The molecule has 0 radical (unpaired) electrons. The van der Waals surface area contributed by atoms with Gasteiger partial charge in [0, 0.05) is 23.1 Å². The van der Waals surface area contributed by atoms with Crippen LogP contribution < -0.4 is 29.1 Å². The molecule has 4 heterocycles. The van der Waals surface area contributed by atoms with Gasteiger partial charge in [-0.15, -0.1) is 0 Å². The lowest BCUT2D eigenvalue weighted by Gasteiger charge is -2.25. The molecule has 0 N–H and O–H groups in total. The summed E-state index contributed by atoms with van der Waals surface area (Å²) in [6, 6.07) is 14.6. The number of carbonyl (C=O) groups excluding carboxylic acids is 1. The highest BCUT2D eigenvalue weighted by molar-refractivity contribution is 7.07. The van der Waals surface area contributed by atoms with E-state index in [1.807, 2.05) is 68.5 Å². The molecule has 2 aromatic carbocycles. The van der Waals surface area contributed by atoms with Gasteiger partial charge >= 0.3 is 5.97 Å². The van der Waals surface area contributed by atoms with E-state index in [0.717, 1.165) is 34.0 Å². The van der Waals surface area contributed by atoms with Crippen molar-refractivity contribution in [3.63, 3.8) is 0 Å². The van der Waals surface area contributed by atoms with Crippen LogP contribution in [0.2, 0.25) is 0 Å². The van der Waals surface area contributed by atoms with E-state index in [0.29, 0.717) is 32.1 Å². The number of esters is 1. The van der Waals surface area contributed by atoms with Gasteiger partial charge in [-0.3, -0.25) is 9.36 Å². The molecule has 2 aliphatic heterocycles. The quantitative estimate of drug-likeness (QED) is 0.326. The normalized spacial score (nSPS) is 16.0. The molecule has 0 bridgehead atoms. The van der Waals surface area contributed by atoms with Crippen molar-refractivity contribution in [1.29, 1.82) is 0 Å². The van der Waals surface area contributed by atoms with Crippen LogP contribution in [0.25, 0.3) is 11.8 Å². The van der Waals surface area contributed by atoms with Crippen LogP contribution in [0.3, 0.4) is 0 Å². The average molecular weight is 572 g/mol. The average Bonchev–Trinajstić information content (AvgIpc) is 3.63. The first kappa shape index (κ1) is 26.6. The molecule has 0 fully saturated rings. The number of hydrogen-bond acceptors (Lipinski definition) is 8. The van der Waals surface area contributed by atoms with Crippen molar-refractivity contribution in [2.45, 2.75) is 33.7 Å². The SMILES string of the molecule is CCOC(=O)C1=C(C)N=c2s/c(=C/c3cc(C)n(-c4ccc5c(c4)OCO5)c3C)c(=O)n2[C@H]1c1cccc(OC)c1. The predicted octanol–water partition coefficient (Wildman–Crippen LogP) is 3.94. The molecule has 6 rings (SSSR count). The number of aryl methyl sites for hydroxylation is 1. The topological polar surface area (TPSA) is 93.3 Å². The van der Waals surface area contributed by atoms with E-state index >= 15 is 0 Å². The van der Waals surface area contributed by atoms with Gasteiger partial charge in [0.1, 0.15) is 5.75 Å². The number of allylic oxidation sites excluding steroid dienone is 1. The number of ether oxygens (including phenoxy) is 4. The third kappa shape index (κ3) is 4.54. The Bertz CT molecular complexity index is 1910. The van der Waals surface area contributed by atoms with Gasteiger partial charge in [0.25, 0.3) is 5.56 Å². The van der Waals surface area contributed by atoms with Gasteiger partial charge in [0.2, 0.25) is 6.79 Å². The molecular formula is C31H29N3O6S. The summed E-state index contributed by atoms with van der Waals surface area (Å²) in [4.78, 5) is 32.4. The molecule has 9 nitrogen and oxygen atoms in total. The predicted molar refractivity (Wildman–Crippen MR) is 155 cm³/mol. The first-order valence-electron chi connectivity index (χ1n) is 13.2. The van der Waals surface area contributed by atoms with Gasteiger partial charge in [-0.05, 0) is 75.2 Å². The number of methoxy groups -OCH3 is 1. The lowest BCUT2D eigenvalue weighted by molar-refractivity contribution is -0.139. The third-order valence-electron chi connectivity index (χ3n) is 7.30. The number of carbonyl (C=O) groups is 1. The number of nitrogens with zero attached hydrogens (tertiary/aromatic N) is 3. The Morgan fingerprint density at radius 3 is 2.71 bits per heavy atom. The van der Waals surface area contributed by atoms with Crippen LogP contribution in [-0.2, 0) is 9.53 Å². The molecule has 0 saturated heterocycles. The zero-order valence-corrected chi connectivity index (χ0v) is 24.2. The van der Waals surface area contributed by atoms with Gasteiger partial charge in [-0.2, -0.15) is 0 Å². The second kappa shape index (κ2) is 10.4. The van der Waals surface area contributed by atoms with Crippen LogP contribution in [-0.4, -0.2) is 35.6 Å². The molecule has 2 aromatic heterocycles. The minimum absolute atomic E-state index is 0.211. The molecule has 210 valence electrons. The van der Waals surface area contributed by atoms with Crippen LogP contribution in [0.15, 0.2) is 69.6 Å². The molecule has 2 aliphatic rings. The van der Waals surface area contributed by atoms with Gasteiger partial charge in [0.05, 0.1) is 35.6 Å². The van der Waals surface area contributed by atoms with Crippen molar-refractivity contribution in [2.75, 3.05) is 20.5 Å². The molecule has 41 heavy (non-hydrogen) atoms. The first-order chi connectivity index (χ1) is 19.8. The van der Waals surface area contributed by atoms with Crippen molar-refractivity contribution >= 4 is 23.4 Å². The van der Waals surface area contributed by atoms with Gasteiger partial charge < -0.3 is 23.5 Å². The minimum atomic E-state index is -0.705. The molecule has 1 atom stereocenters. The number of aromatic nitrogens is 2. The summed E-state index contributed by atoms with van der Waals surface area (Å²) < 4.78 is 26.1. The molecule has 10 heteroatoms. The summed E-state index contributed by atoms with van der Waals surface area (Å²) in [5, 5.41) is 0. The smallest absolute Gasteiger partial charge is 0.338 e. The van der Waals surface area contributed by atoms with E-state index in [1.54, 1.807) is 25.5 Å². The summed E-state index contributed by atoms with van der Waals surface area (Å²) >= 11 is 1.30. The maximum atomic E-state index is 14.0. The Morgan fingerprint density at radius 2 is 1.93 bits per heavy atom. The Labute approximate surface area is 240 Å². The molecule has 0 spiro atoms. The Kier molecular flexibility index (Phi) is 6.78. The molecule has 0 aliphatic carbocycles. The van der Waals surface area contributed by atoms with Crippen LogP contribution in [0.1, 0.15) is 42.4 Å². The van der Waals surface area contributed by atoms with E-state index < -0.39 is 12.0 Å². The van der Waals surface area contributed by atoms with Crippen LogP contribution in [0.4, 0.5) is 0 Å². The van der Waals surface area contributed by atoms with E-state index in [2.05, 4.69) is 9.56 Å². The summed E-state index contributed by atoms with van der Waals surface area (Å²) in [6.07, 6.45) is 1.89. The Hall–Kier alpha value is -4.57. The van der Waals surface area contributed by atoms with Crippen LogP contribution in [0, 0.1) is 13.8 Å². The standard InChI is InChI=1S/C31H29N3O6S/c1-6-38-30(36)27-18(3)32-31-34(28(27)20-8-7-9-23(13-20)37-5)29(35)26(41-31)14-21-12-17(2)33(19(21)4)22-10-11-24-25(15-22)40-16-39-24/h7-15,28H,6,16H2,1-5H3/b26-14+/t28-/m0/s1. The molecule has 0 amide bonds. The first-order valence-corrected chi connectivity index (χ1v) is 14.0. The van der Waals surface area contributed by atoms with Crippen molar-refractivity contribution in [3.05, 3.63) is 102 Å². The number of benzene rings is 2. The molecule has 0 unspecified atom stereocenters. The van der Waals surface area contributed by atoms with Crippen molar-refractivity contribution < 1.29 is 23.7 Å². The largest absolute Gasteiger partial charge is 0.497 e. The minimum Gasteiger partial charge on any atom is -0.497 e. The highest BCUT2D eigenvalue weighted by Gasteiger charge is 2.33. The monoisotopic (exact) mass is 571 g/mol. The second-order valence-corrected chi connectivity index (χ2v) is 10.8. The van der Waals surface area contributed by atoms with Gasteiger partial charge in [-0.25, -0.2) is 9.79 Å². The fraction of sp³-hybridized carbons (Fsp3) is 0.258. The molecule has 0 saturated carbocycles. The van der Waals surface area contributed by atoms with E-state index in [9.17, 15) is 9.59 Å². The molecular weight excluding hydrogens is 542 g/mol. The summed E-state index contributed by atoms with van der Waals surface area (Å²) in [7, 11) is 1.58. The fourth-order valence-electron chi connectivity index (χ4n) is 5.42. The summed E-state index contributed by atoms with van der Waals surface area (Å²) in [5.74, 6) is 1.55.